The van der Waals surface area contributed by atoms with E-state index in [1.54, 1.807) is 0 Å². The van der Waals surface area contributed by atoms with E-state index in [1.165, 1.54) is 42.6 Å². The molecule has 0 aromatic heterocycles. The van der Waals surface area contributed by atoms with Crippen LogP contribution in [0.2, 0.25) is 10.0 Å². The Morgan fingerprint density at radius 2 is 1.67 bits per heavy atom. The lowest BCUT2D eigenvalue weighted by Crippen LogP contribution is -2.18. The van der Waals surface area contributed by atoms with Gasteiger partial charge in [-0.2, -0.15) is 0 Å². The second-order valence-corrected chi connectivity index (χ2v) is 6.56. The van der Waals surface area contributed by atoms with Gasteiger partial charge in [0, 0.05) is 16.6 Å². The first-order valence-corrected chi connectivity index (χ1v) is 8.20. The molecule has 1 fully saturated rings. The number of benzene rings is 2. The molecule has 0 unspecified atom stereocenters. The van der Waals surface area contributed by atoms with Crippen molar-refractivity contribution in [1.29, 1.82) is 0 Å². The number of nitrogens with zero attached hydrogens (tertiary/aromatic N) is 1. The van der Waals surface area contributed by atoms with Gasteiger partial charge in [0.2, 0.25) is 0 Å². The van der Waals surface area contributed by atoms with Crippen LogP contribution in [0.5, 0.6) is 0 Å². The van der Waals surface area contributed by atoms with E-state index in [0.717, 1.165) is 23.0 Å². The molecule has 0 bridgehead atoms. The van der Waals surface area contributed by atoms with Crippen LogP contribution >= 0.6 is 23.2 Å². The zero-order chi connectivity index (χ0) is 14.7. The first-order valence-electron chi connectivity index (χ1n) is 7.45. The van der Waals surface area contributed by atoms with Crippen molar-refractivity contribution < 1.29 is 0 Å². The van der Waals surface area contributed by atoms with Crippen molar-refractivity contribution in [3.8, 4) is 0 Å². The van der Waals surface area contributed by atoms with Crippen molar-refractivity contribution in [3.63, 3.8) is 0 Å². The average Bonchev–Trinajstić information content (AvgIpc) is 2.95. The zero-order valence-electron chi connectivity index (χ0n) is 12.0. The summed E-state index contributed by atoms with van der Waals surface area (Å²) in [6.07, 6.45) is 3.49. The second kappa shape index (κ2) is 6.83. The highest BCUT2D eigenvalue weighted by Gasteiger charge is 2.13. The molecule has 21 heavy (non-hydrogen) atoms. The number of likely N-dealkylation sites (tertiary alicyclic amines) is 1. The quantitative estimate of drug-likeness (QED) is 0.750. The normalized spacial score (nSPS) is 15.5. The molecular weight excluding hydrogens is 301 g/mol. The minimum Gasteiger partial charge on any atom is -0.299 e. The predicted octanol–water partition coefficient (Wildman–Crippen LogP) is 5.18. The Balaban J connectivity index is 1.71. The third-order valence-corrected chi connectivity index (χ3v) is 4.59. The molecule has 2 aromatic carbocycles. The summed E-state index contributed by atoms with van der Waals surface area (Å²) in [6, 6.07) is 14.4. The van der Waals surface area contributed by atoms with E-state index in [-0.39, 0.29) is 0 Å². The molecule has 0 amide bonds. The molecule has 110 valence electrons. The molecule has 3 rings (SSSR count). The summed E-state index contributed by atoms with van der Waals surface area (Å²) in [4.78, 5) is 2.47. The van der Waals surface area contributed by atoms with E-state index < -0.39 is 0 Å². The first-order chi connectivity index (χ1) is 10.2. The van der Waals surface area contributed by atoms with Crippen LogP contribution in [0.1, 0.15) is 29.5 Å². The van der Waals surface area contributed by atoms with E-state index in [4.69, 9.17) is 23.2 Å². The standard InChI is InChI=1S/C18H19Cl2N/c19-17-5-3-4-14(11-17)10-15-6-7-16(18(20)12-15)13-21-8-1-2-9-21/h3-7,11-12H,1-2,8-10,13H2. The average molecular weight is 320 g/mol. The smallest absolute Gasteiger partial charge is 0.0453 e. The Morgan fingerprint density at radius 1 is 0.905 bits per heavy atom. The van der Waals surface area contributed by atoms with Crippen LogP contribution in [0, 0.1) is 0 Å². The van der Waals surface area contributed by atoms with Gasteiger partial charge in [0.05, 0.1) is 0 Å². The van der Waals surface area contributed by atoms with Crippen molar-refractivity contribution in [2.45, 2.75) is 25.8 Å². The minimum atomic E-state index is 0.782. The number of rotatable bonds is 4. The van der Waals surface area contributed by atoms with E-state index in [1.807, 2.05) is 18.2 Å². The Labute approximate surface area is 136 Å². The van der Waals surface area contributed by atoms with Crippen molar-refractivity contribution in [2.75, 3.05) is 13.1 Å². The molecule has 0 saturated carbocycles. The Morgan fingerprint density at radius 3 is 2.38 bits per heavy atom. The monoisotopic (exact) mass is 319 g/mol. The van der Waals surface area contributed by atoms with E-state index in [0.29, 0.717) is 0 Å². The van der Waals surface area contributed by atoms with Crippen LogP contribution in [-0.4, -0.2) is 18.0 Å². The molecule has 3 heteroatoms. The molecule has 0 radical (unpaired) electrons. The van der Waals surface area contributed by atoms with Crippen LogP contribution in [0.15, 0.2) is 42.5 Å². The molecule has 1 aliphatic rings. The molecule has 0 aliphatic carbocycles. The van der Waals surface area contributed by atoms with Crippen LogP contribution in [-0.2, 0) is 13.0 Å². The van der Waals surface area contributed by atoms with Gasteiger partial charge >= 0.3 is 0 Å². The van der Waals surface area contributed by atoms with Crippen LogP contribution < -0.4 is 0 Å². The molecule has 1 heterocycles. The Kier molecular flexibility index (Phi) is 4.84. The molecule has 2 aromatic rings. The second-order valence-electron chi connectivity index (χ2n) is 5.72. The number of hydrogen-bond acceptors (Lipinski definition) is 1. The molecule has 0 atom stereocenters. The summed E-state index contributed by atoms with van der Waals surface area (Å²) in [5, 5.41) is 1.66. The van der Waals surface area contributed by atoms with Gasteiger partial charge in [0.25, 0.3) is 0 Å². The van der Waals surface area contributed by atoms with Crippen molar-refractivity contribution in [2.24, 2.45) is 0 Å². The van der Waals surface area contributed by atoms with Gasteiger partial charge in [-0.1, -0.05) is 47.5 Å². The van der Waals surface area contributed by atoms with Gasteiger partial charge in [0.1, 0.15) is 0 Å². The summed E-state index contributed by atoms with van der Waals surface area (Å²) in [5.41, 5.74) is 3.67. The molecule has 1 aliphatic heterocycles. The highest BCUT2D eigenvalue weighted by molar-refractivity contribution is 6.31. The van der Waals surface area contributed by atoms with Gasteiger partial charge in [-0.15, -0.1) is 0 Å². The number of hydrogen-bond donors (Lipinski definition) is 0. The lowest BCUT2D eigenvalue weighted by molar-refractivity contribution is 0.331. The summed E-state index contributed by atoms with van der Waals surface area (Å²) in [6.45, 7) is 3.36. The third-order valence-electron chi connectivity index (χ3n) is 4.01. The van der Waals surface area contributed by atoms with Gasteiger partial charge in [-0.3, -0.25) is 4.90 Å². The molecule has 0 spiro atoms. The summed E-state index contributed by atoms with van der Waals surface area (Å²) in [7, 11) is 0. The lowest BCUT2D eigenvalue weighted by atomic mass is 10.0. The minimum absolute atomic E-state index is 0.782. The van der Waals surface area contributed by atoms with Crippen molar-refractivity contribution in [1.82, 2.24) is 4.90 Å². The highest BCUT2D eigenvalue weighted by atomic mass is 35.5. The maximum atomic E-state index is 6.45. The third kappa shape index (κ3) is 4.00. The van der Waals surface area contributed by atoms with Crippen molar-refractivity contribution >= 4 is 23.2 Å². The molecule has 0 N–H and O–H groups in total. The summed E-state index contributed by atoms with van der Waals surface area (Å²) in [5.74, 6) is 0. The maximum absolute atomic E-state index is 6.45. The van der Waals surface area contributed by atoms with Crippen LogP contribution in [0.25, 0.3) is 0 Å². The largest absolute Gasteiger partial charge is 0.299 e. The van der Waals surface area contributed by atoms with Crippen LogP contribution in [0.3, 0.4) is 0 Å². The molecule has 1 nitrogen and oxygen atoms in total. The predicted molar refractivity (Wildman–Crippen MR) is 90.2 cm³/mol. The van der Waals surface area contributed by atoms with Crippen LogP contribution in [0.4, 0.5) is 0 Å². The fraction of sp³-hybridized carbons (Fsp3) is 0.333. The lowest BCUT2D eigenvalue weighted by Gasteiger charge is -2.16. The topological polar surface area (TPSA) is 3.24 Å². The summed E-state index contributed by atoms with van der Waals surface area (Å²) >= 11 is 12.5. The first kappa shape index (κ1) is 14.9. The number of halogens is 2. The van der Waals surface area contributed by atoms with Gasteiger partial charge in [0.15, 0.2) is 0 Å². The molecular formula is C18H19Cl2N. The van der Waals surface area contributed by atoms with E-state index in [2.05, 4.69) is 29.2 Å². The van der Waals surface area contributed by atoms with Gasteiger partial charge in [-0.25, -0.2) is 0 Å². The Bertz CT molecular complexity index is 618. The SMILES string of the molecule is Clc1cccc(Cc2ccc(CN3CCCC3)c(Cl)c2)c1. The van der Waals surface area contributed by atoms with E-state index in [9.17, 15) is 0 Å². The summed E-state index contributed by atoms with van der Waals surface area (Å²) < 4.78 is 0. The molecule has 1 saturated heterocycles. The zero-order valence-corrected chi connectivity index (χ0v) is 13.5. The Hall–Kier alpha value is -1.02. The van der Waals surface area contributed by atoms with Gasteiger partial charge in [-0.05, 0) is 67.2 Å². The van der Waals surface area contributed by atoms with Gasteiger partial charge < -0.3 is 0 Å². The fourth-order valence-electron chi connectivity index (χ4n) is 2.89. The van der Waals surface area contributed by atoms with Crippen molar-refractivity contribution in [3.05, 3.63) is 69.2 Å². The highest BCUT2D eigenvalue weighted by Crippen LogP contribution is 2.23. The van der Waals surface area contributed by atoms with E-state index >= 15 is 0 Å². The fourth-order valence-corrected chi connectivity index (χ4v) is 3.37. The maximum Gasteiger partial charge on any atom is 0.0453 e.